The average molecular weight is 334 g/mol. The van der Waals surface area contributed by atoms with E-state index in [2.05, 4.69) is 12.6 Å². The molecule has 0 bridgehead atoms. The van der Waals surface area contributed by atoms with Gasteiger partial charge in [-0.05, 0) is 12.8 Å². The number of thiol groups is 1. The Bertz CT molecular complexity index is 404. The summed E-state index contributed by atoms with van der Waals surface area (Å²) < 4.78 is 32.3. The molecule has 2 rings (SSSR count). The van der Waals surface area contributed by atoms with E-state index in [0.29, 0.717) is 6.42 Å². The van der Waals surface area contributed by atoms with Crippen LogP contribution < -0.4 is 0 Å². The Labute approximate surface area is 131 Å². The topological polar surface area (TPSA) is 94.5 Å². The molecule has 21 heavy (non-hydrogen) atoms. The first-order valence-electron chi connectivity index (χ1n) is 6.57. The lowest BCUT2D eigenvalue weighted by atomic mass is 9.96. The lowest BCUT2D eigenvalue weighted by molar-refractivity contribution is -0.0137. The molecule has 0 aliphatic carbocycles. The van der Waals surface area contributed by atoms with Gasteiger partial charge in [-0.3, -0.25) is 9.05 Å². The van der Waals surface area contributed by atoms with Crippen LogP contribution in [0.25, 0.3) is 0 Å². The highest BCUT2D eigenvalue weighted by Crippen LogP contribution is 2.47. The van der Waals surface area contributed by atoms with Gasteiger partial charge < -0.3 is 19.5 Å². The maximum atomic E-state index is 11.9. The van der Waals surface area contributed by atoms with Crippen molar-refractivity contribution in [1.82, 2.24) is 0 Å². The molecule has 0 aromatic rings. The number of hydrogen-bond donors (Lipinski definition) is 3. The Hall–Kier alpha value is 0.470. The maximum absolute atomic E-state index is 11.9. The fraction of sp³-hybridized carbons (Fsp3) is 1.00. The Kier molecular flexibility index (Phi) is 6.24. The second kappa shape index (κ2) is 7.36. The van der Waals surface area contributed by atoms with Gasteiger partial charge in [-0.25, -0.2) is 4.57 Å². The van der Waals surface area contributed by atoms with Crippen molar-refractivity contribution in [3.8, 4) is 0 Å². The van der Waals surface area contributed by atoms with Crippen LogP contribution in [0.4, 0.5) is 0 Å². The van der Waals surface area contributed by atoms with Crippen LogP contribution in [0.15, 0.2) is 0 Å². The summed E-state index contributed by atoms with van der Waals surface area (Å²) in [5.41, 5.74) is 0. The summed E-state index contributed by atoms with van der Waals surface area (Å²) in [7, 11) is 6.82. The fourth-order valence-corrected chi connectivity index (χ4v) is 3.62. The van der Waals surface area contributed by atoms with Crippen molar-refractivity contribution in [2.45, 2.75) is 48.4 Å². The molecule has 2 heterocycles. The number of rotatable bonds is 6. The Morgan fingerprint density at radius 2 is 1.86 bits per heavy atom. The third kappa shape index (κ3) is 4.97. The van der Waals surface area contributed by atoms with E-state index in [4.69, 9.17) is 39.3 Å². The molecular weight excluding hydrogens is 317 g/mol. The van der Waals surface area contributed by atoms with E-state index in [-0.39, 0.29) is 24.9 Å². The third-order valence-electron chi connectivity index (χ3n) is 3.33. The lowest BCUT2D eigenvalue weighted by Gasteiger charge is -2.22. The van der Waals surface area contributed by atoms with Crippen molar-refractivity contribution >= 4 is 36.1 Å². The average Bonchev–Trinajstić information content (AvgIpc) is 2.88. The number of hydrogen-bond acceptors (Lipinski definition) is 7. The number of phosphoric ester groups is 1. The molecule has 2 aliphatic rings. The minimum atomic E-state index is -4.32. The predicted octanol–water partition coefficient (Wildman–Crippen LogP) is -0.654. The van der Waals surface area contributed by atoms with E-state index in [1.165, 1.54) is 0 Å². The van der Waals surface area contributed by atoms with Gasteiger partial charge in [0.25, 0.3) is 0 Å². The standard InChI is InChI=1S/C10H17B2O7PS/c11-9-1-5(6(3-13)17-9)19-20(14,15)16-4-7-8(21)2-10(12)18-7/h5-10,13,21H,1-4H2,(H,14,15)/t5-,6-,7-,8-,9-,10-/m1/s1. The van der Waals surface area contributed by atoms with Gasteiger partial charge in [0, 0.05) is 17.3 Å². The lowest BCUT2D eigenvalue weighted by Crippen LogP contribution is -2.28. The molecule has 2 fully saturated rings. The van der Waals surface area contributed by atoms with Crippen LogP contribution >= 0.6 is 20.5 Å². The molecule has 0 aromatic carbocycles. The molecule has 7 nitrogen and oxygen atoms in total. The first kappa shape index (κ1) is 17.8. The van der Waals surface area contributed by atoms with Crippen LogP contribution in [0, 0.1) is 0 Å². The summed E-state index contributed by atoms with van der Waals surface area (Å²) in [6.07, 6.45) is -1.31. The molecule has 2 aliphatic heterocycles. The highest BCUT2D eigenvalue weighted by molar-refractivity contribution is 7.81. The number of phosphoric acid groups is 1. The van der Waals surface area contributed by atoms with Gasteiger partial charge in [0.2, 0.25) is 0 Å². The summed E-state index contributed by atoms with van der Waals surface area (Å²) in [5.74, 6) is 0. The second-order valence-corrected chi connectivity index (χ2v) is 7.12. The van der Waals surface area contributed by atoms with E-state index in [9.17, 15) is 9.46 Å². The van der Waals surface area contributed by atoms with E-state index < -0.39 is 38.1 Å². The second-order valence-electron chi connectivity index (χ2n) is 5.06. The molecule has 11 heteroatoms. The van der Waals surface area contributed by atoms with E-state index >= 15 is 0 Å². The van der Waals surface area contributed by atoms with Crippen LogP contribution in [0.5, 0.6) is 0 Å². The third-order valence-corrected chi connectivity index (χ3v) is 4.89. The zero-order valence-electron chi connectivity index (χ0n) is 11.3. The molecule has 0 aromatic heterocycles. The van der Waals surface area contributed by atoms with Crippen molar-refractivity contribution in [1.29, 1.82) is 0 Å². The van der Waals surface area contributed by atoms with Crippen LogP contribution in [0.2, 0.25) is 0 Å². The zero-order chi connectivity index (χ0) is 15.6. The van der Waals surface area contributed by atoms with E-state index in [1.54, 1.807) is 0 Å². The maximum Gasteiger partial charge on any atom is 0.472 e. The number of aliphatic hydroxyl groups excluding tert-OH is 1. The van der Waals surface area contributed by atoms with Crippen molar-refractivity contribution in [2.75, 3.05) is 13.2 Å². The fourth-order valence-electron chi connectivity index (χ4n) is 2.30. The SMILES string of the molecule is [B][C@H]1C[C@@H](S)[C@@H](COP(=O)(O)O[C@@H]2C[C@H]([B])O[C@@H]2CO)O1. The van der Waals surface area contributed by atoms with E-state index in [1.807, 2.05) is 0 Å². The van der Waals surface area contributed by atoms with Gasteiger partial charge >= 0.3 is 7.82 Å². The highest BCUT2D eigenvalue weighted by atomic mass is 32.1. The smallest absolute Gasteiger partial charge is 0.394 e. The van der Waals surface area contributed by atoms with Gasteiger partial charge in [-0.2, -0.15) is 12.6 Å². The van der Waals surface area contributed by atoms with Crippen LogP contribution in [0.3, 0.4) is 0 Å². The molecule has 0 saturated carbocycles. The van der Waals surface area contributed by atoms with Crippen molar-refractivity contribution in [3.05, 3.63) is 0 Å². The van der Waals surface area contributed by atoms with Crippen molar-refractivity contribution < 1.29 is 33.1 Å². The van der Waals surface area contributed by atoms with Crippen molar-refractivity contribution in [2.24, 2.45) is 0 Å². The molecule has 0 spiro atoms. The van der Waals surface area contributed by atoms with Gasteiger partial charge in [0.05, 0.1) is 25.4 Å². The molecule has 2 saturated heterocycles. The van der Waals surface area contributed by atoms with Crippen LogP contribution in [0.1, 0.15) is 12.8 Å². The quantitative estimate of drug-likeness (QED) is 0.338. The van der Waals surface area contributed by atoms with Gasteiger partial charge in [0.1, 0.15) is 21.8 Å². The van der Waals surface area contributed by atoms with Gasteiger partial charge in [-0.1, -0.05) is 0 Å². The molecular formula is C10H17B2O7PS. The predicted molar refractivity (Wildman–Crippen MR) is 78.6 cm³/mol. The summed E-state index contributed by atoms with van der Waals surface area (Å²) >= 11 is 4.27. The minimum Gasteiger partial charge on any atom is -0.394 e. The van der Waals surface area contributed by atoms with Gasteiger partial charge in [-0.15, -0.1) is 0 Å². The monoisotopic (exact) mass is 334 g/mol. The molecule has 1 unspecified atom stereocenters. The Balaban J connectivity index is 1.83. The Morgan fingerprint density at radius 3 is 2.43 bits per heavy atom. The molecule has 2 N–H and O–H groups in total. The zero-order valence-corrected chi connectivity index (χ0v) is 13.1. The minimum absolute atomic E-state index is 0.168. The van der Waals surface area contributed by atoms with Crippen LogP contribution in [-0.2, 0) is 23.1 Å². The van der Waals surface area contributed by atoms with Gasteiger partial charge in [0.15, 0.2) is 0 Å². The van der Waals surface area contributed by atoms with Crippen LogP contribution in [-0.4, -0.2) is 74.5 Å². The first-order chi connectivity index (χ1) is 9.80. The largest absolute Gasteiger partial charge is 0.472 e. The van der Waals surface area contributed by atoms with E-state index in [0.717, 1.165) is 0 Å². The first-order valence-corrected chi connectivity index (χ1v) is 8.58. The summed E-state index contributed by atoms with van der Waals surface area (Å²) in [5, 5.41) is 8.93. The number of ether oxygens (including phenoxy) is 2. The summed E-state index contributed by atoms with van der Waals surface area (Å²) in [6, 6.07) is -1.11. The molecule has 4 radical (unpaired) electrons. The highest BCUT2D eigenvalue weighted by Gasteiger charge is 2.40. The Morgan fingerprint density at radius 1 is 1.24 bits per heavy atom. The van der Waals surface area contributed by atoms with Crippen molar-refractivity contribution in [3.63, 3.8) is 0 Å². The normalized spacial score (nSPS) is 43.0. The summed E-state index contributed by atoms with van der Waals surface area (Å²) in [6.45, 7) is -0.531. The summed E-state index contributed by atoms with van der Waals surface area (Å²) in [4.78, 5) is 9.71. The number of aliphatic hydroxyl groups is 1. The molecule has 7 atom stereocenters. The molecule has 0 amide bonds. The molecule has 116 valence electrons.